The zero-order valence-electron chi connectivity index (χ0n) is 7.19. The zero-order chi connectivity index (χ0) is 10.1. The van der Waals surface area contributed by atoms with Gasteiger partial charge in [-0.15, -0.1) is 24.0 Å². The molecule has 0 fully saturated rings. The maximum absolute atomic E-state index is 9.06. The molecule has 0 saturated heterocycles. The Morgan fingerprint density at radius 2 is 2.29 bits per heavy atom. The van der Waals surface area contributed by atoms with Crippen molar-refractivity contribution in [2.75, 3.05) is 0 Å². The lowest BCUT2D eigenvalue weighted by Crippen LogP contribution is -1.89. The molecule has 0 aliphatic rings. The highest BCUT2D eigenvalue weighted by molar-refractivity contribution is 7.80. The molecule has 0 unspecified atom stereocenters. The van der Waals surface area contributed by atoms with Crippen LogP contribution in [0.4, 0.5) is 0 Å². The molecule has 1 aromatic carbocycles. The summed E-state index contributed by atoms with van der Waals surface area (Å²) in [5.74, 6) is 0. The SMILES string of the molecule is N#Cc1c(CO)ccc2scc(S)c12. The van der Waals surface area contributed by atoms with E-state index in [1.165, 1.54) is 0 Å². The summed E-state index contributed by atoms with van der Waals surface area (Å²) in [6, 6.07) is 5.81. The lowest BCUT2D eigenvalue weighted by Gasteiger charge is -2.01. The fraction of sp³-hybridized carbons (Fsp3) is 0.100. The van der Waals surface area contributed by atoms with Gasteiger partial charge in [0.15, 0.2) is 0 Å². The molecule has 0 saturated carbocycles. The van der Waals surface area contributed by atoms with E-state index in [0.717, 1.165) is 15.0 Å². The van der Waals surface area contributed by atoms with Crippen molar-refractivity contribution in [2.24, 2.45) is 0 Å². The van der Waals surface area contributed by atoms with Crippen LogP contribution in [-0.2, 0) is 6.61 Å². The molecule has 0 aliphatic carbocycles. The van der Waals surface area contributed by atoms with Gasteiger partial charge in [0.25, 0.3) is 0 Å². The Balaban J connectivity index is 2.90. The second-order valence-corrected chi connectivity index (χ2v) is 4.26. The summed E-state index contributed by atoms with van der Waals surface area (Å²) in [6.45, 7) is -0.109. The molecule has 4 heteroatoms. The van der Waals surface area contributed by atoms with Gasteiger partial charge in [-0.25, -0.2) is 0 Å². The van der Waals surface area contributed by atoms with E-state index in [-0.39, 0.29) is 6.61 Å². The van der Waals surface area contributed by atoms with E-state index >= 15 is 0 Å². The number of thiol groups is 1. The second kappa shape index (κ2) is 3.62. The first-order valence-corrected chi connectivity index (χ1v) is 5.33. The van der Waals surface area contributed by atoms with E-state index in [0.29, 0.717) is 11.1 Å². The standard InChI is InChI=1S/C10H7NOS2/c11-3-7-6(4-12)1-2-9-10(7)8(13)5-14-9/h1-2,5,12-13H,4H2. The van der Waals surface area contributed by atoms with Crippen LogP contribution in [0.3, 0.4) is 0 Å². The molecule has 1 N–H and O–H groups in total. The molecular weight excluding hydrogens is 214 g/mol. The first-order valence-electron chi connectivity index (χ1n) is 4.01. The summed E-state index contributed by atoms with van der Waals surface area (Å²) in [7, 11) is 0. The summed E-state index contributed by atoms with van der Waals surface area (Å²) in [6.07, 6.45) is 0. The van der Waals surface area contributed by atoms with Crippen LogP contribution >= 0.6 is 24.0 Å². The van der Waals surface area contributed by atoms with E-state index in [9.17, 15) is 0 Å². The van der Waals surface area contributed by atoms with Crippen molar-refractivity contribution in [3.05, 3.63) is 28.6 Å². The van der Waals surface area contributed by atoms with Gasteiger partial charge in [0.2, 0.25) is 0 Å². The van der Waals surface area contributed by atoms with Gasteiger partial charge in [-0.1, -0.05) is 6.07 Å². The Hall–Kier alpha value is -1.02. The predicted molar refractivity (Wildman–Crippen MR) is 59.7 cm³/mol. The molecule has 0 aliphatic heterocycles. The Kier molecular flexibility index (Phi) is 2.46. The summed E-state index contributed by atoms with van der Waals surface area (Å²) < 4.78 is 1.03. The molecule has 1 aromatic heterocycles. The van der Waals surface area contributed by atoms with Crippen LogP contribution in [0, 0.1) is 11.3 Å². The van der Waals surface area contributed by atoms with Crippen molar-refractivity contribution in [1.82, 2.24) is 0 Å². The van der Waals surface area contributed by atoms with Crippen LogP contribution in [0.5, 0.6) is 0 Å². The van der Waals surface area contributed by atoms with Gasteiger partial charge in [0, 0.05) is 20.4 Å². The van der Waals surface area contributed by atoms with Gasteiger partial charge >= 0.3 is 0 Å². The van der Waals surface area contributed by atoms with E-state index in [4.69, 9.17) is 10.4 Å². The lowest BCUT2D eigenvalue weighted by molar-refractivity contribution is 0.281. The van der Waals surface area contributed by atoms with Crippen LogP contribution in [-0.4, -0.2) is 5.11 Å². The lowest BCUT2D eigenvalue weighted by atomic mass is 10.1. The summed E-state index contributed by atoms with van der Waals surface area (Å²) in [4.78, 5) is 0.803. The van der Waals surface area contributed by atoms with Crippen molar-refractivity contribution >= 4 is 34.1 Å². The minimum absolute atomic E-state index is 0.109. The van der Waals surface area contributed by atoms with Crippen molar-refractivity contribution in [1.29, 1.82) is 5.26 Å². The monoisotopic (exact) mass is 221 g/mol. The number of fused-ring (bicyclic) bond motifs is 1. The quantitative estimate of drug-likeness (QED) is 0.727. The fourth-order valence-corrected chi connectivity index (χ4v) is 2.72. The minimum atomic E-state index is -0.109. The van der Waals surface area contributed by atoms with Gasteiger partial charge in [-0.2, -0.15) is 5.26 Å². The average Bonchev–Trinajstić information content (AvgIpc) is 2.59. The average molecular weight is 221 g/mol. The highest BCUT2D eigenvalue weighted by Gasteiger charge is 2.10. The molecule has 1 heterocycles. The molecule has 0 spiro atoms. The second-order valence-electron chi connectivity index (χ2n) is 2.86. The first-order chi connectivity index (χ1) is 6.77. The number of nitriles is 1. The summed E-state index contributed by atoms with van der Waals surface area (Å²) in [5, 5.41) is 20.8. The largest absolute Gasteiger partial charge is 0.392 e. The Labute approximate surface area is 90.8 Å². The maximum Gasteiger partial charge on any atom is 0.100 e. The topological polar surface area (TPSA) is 44.0 Å². The van der Waals surface area contributed by atoms with Crippen LogP contribution < -0.4 is 0 Å². The summed E-state index contributed by atoms with van der Waals surface area (Å²) >= 11 is 5.84. The highest BCUT2D eigenvalue weighted by Crippen LogP contribution is 2.32. The number of rotatable bonds is 1. The number of nitrogens with zero attached hydrogens (tertiary/aromatic N) is 1. The first kappa shape index (κ1) is 9.53. The smallest absolute Gasteiger partial charge is 0.100 e. The van der Waals surface area contributed by atoms with E-state index in [1.807, 2.05) is 11.4 Å². The molecule has 2 rings (SSSR count). The van der Waals surface area contributed by atoms with Crippen molar-refractivity contribution in [2.45, 2.75) is 11.5 Å². The van der Waals surface area contributed by atoms with Crippen molar-refractivity contribution < 1.29 is 5.11 Å². The Morgan fingerprint density at radius 3 is 2.93 bits per heavy atom. The van der Waals surface area contributed by atoms with E-state index < -0.39 is 0 Å². The van der Waals surface area contributed by atoms with Crippen LogP contribution in [0.15, 0.2) is 22.4 Å². The third-order valence-electron chi connectivity index (χ3n) is 2.09. The van der Waals surface area contributed by atoms with Gasteiger partial charge in [0.1, 0.15) is 6.07 Å². The molecular formula is C10H7NOS2. The number of hydrogen-bond donors (Lipinski definition) is 2. The third-order valence-corrected chi connectivity index (χ3v) is 3.56. The van der Waals surface area contributed by atoms with Gasteiger partial charge < -0.3 is 5.11 Å². The molecule has 0 bridgehead atoms. The number of aliphatic hydroxyl groups excluding tert-OH is 1. The fourth-order valence-electron chi connectivity index (χ4n) is 1.42. The minimum Gasteiger partial charge on any atom is -0.392 e. The van der Waals surface area contributed by atoms with Crippen LogP contribution in [0.25, 0.3) is 10.1 Å². The zero-order valence-corrected chi connectivity index (χ0v) is 8.90. The Bertz CT molecular complexity index is 525. The molecule has 0 radical (unpaired) electrons. The molecule has 0 atom stereocenters. The van der Waals surface area contributed by atoms with Crippen LogP contribution in [0.1, 0.15) is 11.1 Å². The molecule has 2 aromatic rings. The van der Waals surface area contributed by atoms with Gasteiger partial charge in [0.05, 0.1) is 12.2 Å². The van der Waals surface area contributed by atoms with E-state index in [2.05, 4.69) is 18.7 Å². The number of benzene rings is 1. The van der Waals surface area contributed by atoms with Crippen molar-refractivity contribution in [3.63, 3.8) is 0 Å². The van der Waals surface area contributed by atoms with Gasteiger partial charge in [-0.3, -0.25) is 0 Å². The van der Waals surface area contributed by atoms with Crippen LogP contribution in [0.2, 0.25) is 0 Å². The Morgan fingerprint density at radius 1 is 1.50 bits per heavy atom. The highest BCUT2D eigenvalue weighted by atomic mass is 32.1. The molecule has 0 amide bonds. The number of aliphatic hydroxyl groups is 1. The van der Waals surface area contributed by atoms with E-state index in [1.54, 1.807) is 17.4 Å². The summed E-state index contributed by atoms with van der Waals surface area (Å²) in [5.41, 5.74) is 1.20. The predicted octanol–water partition coefficient (Wildman–Crippen LogP) is 2.55. The maximum atomic E-state index is 9.06. The molecule has 2 nitrogen and oxygen atoms in total. The van der Waals surface area contributed by atoms with Gasteiger partial charge in [-0.05, 0) is 11.6 Å². The number of hydrogen-bond acceptors (Lipinski definition) is 4. The molecule has 70 valence electrons. The van der Waals surface area contributed by atoms with Crippen molar-refractivity contribution in [3.8, 4) is 6.07 Å². The number of thiophene rings is 1. The molecule has 14 heavy (non-hydrogen) atoms. The normalized spacial score (nSPS) is 10.4. The third kappa shape index (κ3) is 1.30.